The predicted molar refractivity (Wildman–Crippen MR) is 34.0 cm³/mol. The number of rotatable bonds is 3. The quantitative estimate of drug-likeness (QED) is 0.442. The second-order valence-electron chi connectivity index (χ2n) is 1.99. The van der Waals surface area contributed by atoms with Gasteiger partial charge in [0, 0.05) is 5.92 Å². The Hall–Kier alpha value is -0.570. The van der Waals surface area contributed by atoms with E-state index in [1.807, 2.05) is 13.8 Å². The Bertz CT molecular complexity index is 89.1. The largest absolute Gasteiger partial charge is 0.289 e. The molecule has 54 valence electrons. The third-order valence-electron chi connectivity index (χ3n) is 1.47. The lowest BCUT2D eigenvalue weighted by atomic mass is 10.0. The van der Waals surface area contributed by atoms with Gasteiger partial charge in [0.25, 0.3) is 0 Å². The molecular formula is C6H13NO2. The van der Waals surface area contributed by atoms with E-state index < -0.39 is 0 Å². The maximum atomic E-state index is 10.6. The van der Waals surface area contributed by atoms with Gasteiger partial charge >= 0.3 is 0 Å². The molecule has 0 unspecified atom stereocenters. The van der Waals surface area contributed by atoms with Crippen molar-refractivity contribution in [3.8, 4) is 0 Å². The van der Waals surface area contributed by atoms with E-state index in [2.05, 4.69) is 0 Å². The van der Waals surface area contributed by atoms with Crippen molar-refractivity contribution in [3.63, 3.8) is 0 Å². The minimum Gasteiger partial charge on any atom is -0.289 e. The highest BCUT2D eigenvalue weighted by molar-refractivity contribution is 5.77. The molecule has 0 rings (SSSR count). The van der Waals surface area contributed by atoms with Crippen molar-refractivity contribution in [1.82, 2.24) is 5.48 Å². The molecule has 0 heterocycles. The first-order chi connectivity index (χ1) is 4.26. The van der Waals surface area contributed by atoms with E-state index in [1.54, 1.807) is 5.48 Å². The molecule has 0 fully saturated rings. The number of hydrogen-bond donors (Lipinski definition) is 2. The van der Waals surface area contributed by atoms with Gasteiger partial charge in [-0.1, -0.05) is 13.8 Å². The minimum absolute atomic E-state index is 0.0324. The molecule has 1 amide bonds. The summed E-state index contributed by atoms with van der Waals surface area (Å²) in [7, 11) is 0. The predicted octanol–water partition coefficient (Wildman–Crippen LogP) is 0.928. The van der Waals surface area contributed by atoms with Crippen molar-refractivity contribution in [3.05, 3.63) is 0 Å². The van der Waals surface area contributed by atoms with Crippen LogP contribution in [0.4, 0.5) is 0 Å². The van der Waals surface area contributed by atoms with Crippen molar-refractivity contribution < 1.29 is 10.0 Å². The Labute approximate surface area is 55.0 Å². The van der Waals surface area contributed by atoms with Crippen LogP contribution in [0.1, 0.15) is 26.7 Å². The Balaban J connectivity index is 3.64. The summed E-state index contributed by atoms with van der Waals surface area (Å²) >= 11 is 0. The smallest absolute Gasteiger partial charge is 0.246 e. The summed E-state index contributed by atoms with van der Waals surface area (Å²) in [5, 5.41) is 8.17. The summed E-state index contributed by atoms with van der Waals surface area (Å²) < 4.78 is 0. The van der Waals surface area contributed by atoms with Gasteiger partial charge in [-0.2, -0.15) is 0 Å². The van der Waals surface area contributed by atoms with Crippen LogP contribution in [-0.2, 0) is 4.79 Å². The standard InChI is InChI=1S/C6H13NO2/c1-3-5(4-2)6(8)7-9/h5,9H,3-4H2,1-2H3,(H,7,8). The lowest BCUT2D eigenvalue weighted by molar-refractivity contribution is -0.133. The van der Waals surface area contributed by atoms with Crippen LogP contribution in [0.15, 0.2) is 0 Å². The first-order valence-electron chi connectivity index (χ1n) is 3.20. The zero-order valence-corrected chi connectivity index (χ0v) is 5.85. The number of hydroxylamine groups is 1. The van der Waals surface area contributed by atoms with Gasteiger partial charge in [-0.25, -0.2) is 5.48 Å². The second-order valence-corrected chi connectivity index (χ2v) is 1.99. The zero-order valence-electron chi connectivity index (χ0n) is 5.85. The summed E-state index contributed by atoms with van der Waals surface area (Å²) in [6.07, 6.45) is 1.56. The van der Waals surface area contributed by atoms with Crippen LogP contribution in [-0.4, -0.2) is 11.1 Å². The van der Waals surface area contributed by atoms with Crippen LogP contribution in [0.5, 0.6) is 0 Å². The van der Waals surface area contributed by atoms with Crippen molar-refractivity contribution in [2.75, 3.05) is 0 Å². The average Bonchev–Trinajstić information content (AvgIpc) is 1.90. The minimum atomic E-state index is -0.278. The van der Waals surface area contributed by atoms with Gasteiger partial charge in [0.05, 0.1) is 0 Å². The van der Waals surface area contributed by atoms with Crippen LogP contribution in [0.3, 0.4) is 0 Å². The molecule has 0 atom stereocenters. The molecular weight excluding hydrogens is 118 g/mol. The fraction of sp³-hybridized carbons (Fsp3) is 0.833. The molecule has 9 heavy (non-hydrogen) atoms. The van der Waals surface area contributed by atoms with E-state index in [4.69, 9.17) is 5.21 Å². The van der Waals surface area contributed by atoms with Crippen molar-refractivity contribution in [2.24, 2.45) is 5.92 Å². The molecule has 0 saturated heterocycles. The maximum Gasteiger partial charge on any atom is 0.246 e. The summed E-state index contributed by atoms with van der Waals surface area (Å²) in [5.41, 5.74) is 1.63. The van der Waals surface area contributed by atoms with E-state index in [0.29, 0.717) is 0 Å². The van der Waals surface area contributed by atoms with Gasteiger partial charge < -0.3 is 0 Å². The highest BCUT2D eigenvalue weighted by Crippen LogP contribution is 2.05. The summed E-state index contributed by atoms with van der Waals surface area (Å²) in [6.45, 7) is 3.84. The molecule has 3 nitrogen and oxygen atoms in total. The molecule has 2 N–H and O–H groups in total. The Morgan fingerprint density at radius 2 is 2.00 bits per heavy atom. The SMILES string of the molecule is CCC(CC)C(=O)NO. The van der Waals surface area contributed by atoms with Gasteiger partial charge in [-0.15, -0.1) is 0 Å². The molecule has 0 aromatic rings. The van der Waals surface area contributed by atoms with Gasteiger partial charge in [-0.05, 0) is 12.8 Å². The third-order valence-corrected chi connectivity index (χ3v) is 1.47. The lowest BCUT2D eigenvalue weighted by Gasteiger charge is -2.07. The van der Waals surface area contributed by atoms with E-state index in [0.717, 1.165) is 12.8 Å². The van der Waals surface area contributed by atoms with E-state index in [1.165, 1.54) is 0 Å². The molecule has 0 aromatic heterocycles. The fourth-order valence-corrected chi connectivity index (χ4v) is 0.751. The van der Waals surface area contributed by atoms with Gasteiger partial charge in [0.1, 0.15) is 0 Å². The average molecular weight is 131 g/mol. The van der Waals surface area contributed by atoms with Crippen molar-refractivity contribution in [2.45, 2.75) is 26.7 Å². The summed E-state index contributed by atoms with van der Waals surface area (Å²) in [4.78, 5) is 10.6. The maximum absolute atomic E-state index is 10.6. The van der Waals surface area contributed by atoms with Crippen LogP contribution in [0, 0.1) is 5.92 Å². The molecule has 0 saturated carbocycles. The molecule has 0 aliphatic rings. The summed E-state index contributed by atoms with van der Waals surface area (Å²) in [5.74, 6) is -0.310. The van der Waals surface area contributed by atoms with Gasteiger partial charge in [0.15, 0.2) is 0 Å². The van der Waals surface area contributed by atoms with Crippen LogP contribution < -0.4 is 5.48 Å². The number of carbonyl (C=O) groups excluding carboxylic acids is 1. The molecule has 0 aromatic carbocycles. The summed E-state index contributed by atoms with van der Waals surface area (Å²) in [6, 6.07) is 0. The van der Waals surface area contributed by atoms with E-state index >= 15 is 0 Å². The van der Waals surface area contributed by atoms with Crippen LogP contribution >= 0.6 is 0 Å². The molecule has 3 heteroatoms. The van der Waals surface area contributed by atoms with Crippen LogP contribution in [0.25, 0.3) is 0 Å². The second kappa shape index (κ2) is 4.32. The molecule has 0 aliphatic heterocycles. The highest BCUT2D eigenvalue weighted by atomic mass is 16.5. The highest BCUT2D eigenvalue weighted by Gasteiger charge is 2.11. The zero-order chi connectivity index (χ0) is 7.28. The Morgan fingerprint density at radius 3 is 2.11 bits per heavy atom. The molecule has 0 spiro atoms. The van der Waals surface area contributed by atoms with Gasteiger partial charge in [-0.3, -0.25) is 10.0 Å². The fourth-order valence-electron chi connectivity index (χ4n) is 0.751. The monoisotopic (exact) mass is 131 g/mol. The lowest BCUT2D eigenvalue weighted by Crippen LogP contribution is -2.26. The van der Waals surface area contributed by atoms with Gasteiger partial charge in [0.2, 0.25) is 5.91 Å². The number of nitrogens with one attached hydrogen (secondary N) is 1. The molecule has 0 aliphatic carbocycles. The number of amides is 1. The van der Waals surface area contributed by atoms with Crippen LogP contribution in [0.2, 0.25) is 0 Å². The third kappa shape index (κ3) is 2.46. The van der Waals surface area contributed by atoms with Crippen molar-refractivity contribution in [1.29, 1.82) is 0 Å². The normalized spacial score (nSPS) is 9.78. The first kappa shape index (κ1) is 8.43. The Morgan fingerprint density at radius 1 is 1.56 bits per heavy atom. The van der Waals surface area contributed by atoms with Crippen molar-refractivity contribution >= 4 is 5.91 Å². The molecule has 0 bridgehead atoms. The number of carbonyl (C=O) groups is 1. The number of hydrogen-bond acceptors (Lipinski definition) is 2. The topological polar surface area (TPSA) is 49.3 Å². The Kier molecular flexibility index (Phi) is 4.05. The first-order valence-corrected chi connectivity index (χ1v) is 3.20. The van der Waals surface area contributed by atoms with E-state index in [9.17, 15) is 4.79 Å². The molecule has 0 radical (unpaired) electrons. The van der Waals surface area contributed by atoms with E-state index in [-0.39, 0.29) is 11.8 Å².